The van der Waals surface area contributed by atoms with Crippen LogP contribution in [0.5, 0.6) is 0 Å². The fourth-order valence-electron chi connectivity index (χ4n) is 2.58. The highest BCUT2D eigenvalue weighted by Crippen LogP contribution is 2.29. The van der Waals surface area contributed by atoms with Gasteiger partial charge in [-0.2, -0.15) is 0 Å². The lowest BCUT2D eigenvalue weighted by molar-refractivity contribution is 0.0601. The minimum absolute atomic E-state index is 0.280. The Bertz CT molecular complexity index is 442. The fraction of sp³-hybridized carbons (Fsp3) is 0.533. The van der Waals surface area contributed by atoms with Gasteiger partial charge in [-0.1, -0.05) is 19.4 Å². The Morgan fingerprint density at radius 3 is 2.78 bits per heavy atom. The lowest BCUT2D eigenvalue weighted by Crippen LogP contribution is -2.22. The zero-order valence-electron chi connectivity index (χ0n) is 11.3. The van der Waals surface area contributed by atoms with Gasteiger partial charge in [0, 0.05) is 11.7 Å². The quantitative estimate of drug-likeness (QED) is 0.832. The lowest BCUT2D eigenvalue weighted by Gasteiger charge is -2.20. The molecule has 1 fully saturated rings. The summed E-state index contributed by atoms with van der Waals surface area (Å²) in [7, 11) is 1.41. The number of nitrogens with one attached hydrogen (secondary N) is 1. The van der Waals surface area contributed by atoms with Crippen LogP contribution in [0.15, 0.2) is 18.2 Å². The number of carbonyl (C=O) groups excluding carboxylic acids is 1. The van der Waals surface area contributed by atoms with Gasteiger partial charge in [-0.25, -0.2) is 4.79 Å². The van der Waals surface area contributed by atoms with E-state index in [0.29, 0.717) is 17.5 Å². The molecule has 1 aliphatic rings. The van der Waals surface area contributed by atoms with E-state index in [-0.39, 0.29) is 5.97 Å². The average molecular weight is 247 g/mol. The molecule has 2 unspecified atom stereocenters. The molecular formula is C15H21NO2. The van der Waals surface area contributed by atoms with Crippen LogP contribution in [0.25, 0.3) is 0 Å². The van der Waals surface area contributed by atoms with E-state index >= 15 is 0 Å². The van der Waals surface area contributed by atoms with Crippen molar-refractivity contribution in [3.05, 3.63) is 29.3 Å². The topological polar surface area (TPSA) is 38.3 Å². The Balaban J connectivity index is 2.18. The van der Waals surface area contributed by atoms with Crippen molar-refractivity contribution >= 4 is 11.7 Å². The van der Waals surface area contributed by atoms with Gasteiger partial charge < -0.3 is 10.1 Å². The largest absolute Gasteiger partial charge is 0.465 e. The van der Waals surface area contributed by atoms with Crippen LogP contribution in [0.4, 0.5) is 5.69 Å². The highest BCUT2D eigenvalue weighted by atomic mass is 16.5. The first-order valence-electron chi connectivity index (χ1n) is 6.57. The predicted molar refractivity (Wildman–Crippen MR) is 72.9 cm³/mol. The summed E-state index contributed by atoms with van der Waals surface area (Å²) in [6, 6.07) is 6.20. The Morgan fingerprint density at radius 1 is 1.39 bits per heavy atom. The molecule has 1 aliphatic carbocycles. The standard InChI is InChI=1S/C15H21NO2/c1-10-5-4-6-13(10)16-14-9-12(15(17)18-3)8-7-11(14)2/h7-10,13,16H,4-6H2,1-3H3. The Hall–Kier alpha value is -1.51. The SMILES string of the molecule is COC(=O)c1ccc(C)c(NC2CCCC2C)c1. The molecule has 1 aromatic carbocycles. The van der Waals surface area contributed by atoms with Crippen molar-refractivity contribution in [2.24, 2.45) is 5.92 Å². The van der Waals surface area contributed by atoms with Crippen molar-refractivity contribution in [3.8, 4) is 0 Å². The van der Waals surface area contributed by atoms with E-state index in [0.717, 1.165) is 5.69 Å². The number of anilines is 1. The number of benzene rings is 1. The predicted octanol–water partition coefficient (Wildman–Crippen LogP) is 3.38. The molecule has 0 amide bonds. The molecule has 3 nitrogen and oxygen atoms in total. The maximum atomic E-state index is 11.5. The zero-order chi connectivity index (χ0) is 13.1. The second-order valence-electron chi connectivity index (χ2n) is 5.18. The van der Waals surface area contributed by atoms with Crippen molar-refractivity contribution in [2.45, 2.75) is 39.2 Å². The van der Waals surface area contributed by atoms with Gasteiger partial charge >= 0.3 is 5.97 Å². The maximum absolute atomic E-state index is 11.5. The van der Waals surface area contributed by atoms with E-state index < -0.39 is 0 Å². The number of rotatable bonds is 3. The molecule has 1 N–H and O–H groups in total. The van der Waals surface area contributed by atoms with E-state index in [4.69, 9.17) is 4.74 Å². The molecule has 2 atom stereocenters. The molecule has 1 aromatic rings. The van der Waals surface area contributed by atoms with Gasteiger partial charge in [0.15, 0.2) is 0 Å². The summed E-state index contributed by atoms with van der Waals surface area (Å²) in [4.78, 5) is 11.5. The summed E-state index contributed by atoms with van der Waals surface area (Å²) in [5.41, 5.74) is 2.83. The number of hydrogen-bond donors (Lipinski definition) is 1. The first-order chi connectivity index (χ1) is 8.61. The summed E-state index contributed by atoms with van der Waals surface area (Å²) in [6.07, 6.45) is 3.78. The van der Waals surface area contributed by atoms with Gasteiger partial charge in [-0.3, -0.25) is 0 Å². The van der Waals surface area contributed by atoms with Gasteiger partial charge in [-0.15, -0.1) is 0 Å². The summed E-state index contributed by atoms with van der Waals surface area (Å²) >= 11 is 0. The first-order valence-corrected chi connectivity index (χ1v) is 6.57. The molecule has 1 saturated carbocycles. The van der Waals surface area contributed by atoms with Crippen molar-refractivity contribution in [1.29, 1.82) is 0 Å². The summed E-state index contributed by atoms with van der Waals surface area (Å²) in [6.45, 7) is 4.34. The molecule has 0 saturated heterocycles. The maximum Gasteiger partial charge on any atom is 0.337 e. The molecule has 98 valence electrons. The van der Waals surface area contributed by atoms with Gasteiger partial charge in [0.2, 0.25) is 0 Å². The molecule has 18 heavy (non-hydrogen) atoms. The van der Waals surface area contributed by atoms with E-state index in [9.17, 15) is 4.79 Å². The van der Waals surface area contributed by atoms with Gasteiger partial charge in [0.05, 0.1) is 12.7 Å². The molecule has 0 aliphatic heterocycles. The van der Waals surface area contributed by atoms with Crippen LogP contribution in [-0.4, -0.2) is 19.1 Å². The zero-order valence-corrected chi connectivity index (χ0v) is 11.3. The number of methoxy groups -OCH3 is 1. The second-order valence-corrected chi connectivity index (χ2v) is 5.18. The van der Waals surface area contributed by atoms with Crippen LogP contribution in [0.2, 0.25) is 0 Å². The van der Waals surface area contributed by atoms with Crippen molar-refractivity contribution in [2.75, 3.05) is 12.4 Å². The van der Waals surface area contributed by atoms with E-state index in [1.807, 2.05) is 18.2 Å². The molecule has 0 aromatic heterocycles. The highest BCUT2D eigenvalue weighted by molar-refractivity contribution is 5.90. The third-order valence-corrected chi connectivity index (χ3v) is 3.86. The molecule has 0 heterocycles. The van der Waals surface area contributed by atoms with Crippen LogP contribution >= 0.6 is 0 Å². The van der Waals surface area contributed by atoms with E-state index in [1.165, 1.54) is 31.9 Å². The van der Waals surface area contributed by atoms with Gasteiger partial charge in [-0.05, 0) is 43.4 Å². The minimum atomic E-state index is -0.280. The summed E-state index contributed by atoms with van der Waals surface area (Å²) in [5, 5.41) is 3.57. The number of carbonyl (C=O) groups is 1. The van der Waals surface area contributed by atoms with E-state index in [1.54, 1.807) is 0 Å². The fourth-order valence-corrected chi connectivity index (χ4v) is 2.58. The average Bonchev–Trinajstić information content (AvgIpc) is 2.77. The van der Waals surface area contributed by atoms with Crippen LogP contribution < -0.4 is 5.32 Å². The number of aryl methyl sites for hydroxylation is 1. The molecule has 0 spiro atoms. The van der Waals surface area contributed by atoms with Gasteiger partial charge in [0.25, 0.3) is 0 Å². The number of esters is 1. The van der Waals surface area contributed by atoms with Crippen LogP contribution in [0.1, 0.15) is 42.1 Å². The van der Waals surface area contributed by atoms with E-state index in [2.05, 4.69) is 19.2 Å². The van der Waals surface area contributed by atoms with Crippen molar-refractivity contribution < 1.29 is 9.53 Å². The normalized spacial score (nSPS) is 22.8. The number of ether oxygens (including phenoxy) is 1. The molecule has 0 radical (unpaired) electrons. The smallest absolute Gasteiger partial charge is 0.337 e. The van der Waals surface area contributed by atoms with Gasteiger partial charge in [0.1, 0.15) is 0 Å². The number of hydrogen-bond acceptors (Lipinski definition) is 3. The van der Waals surface area contributed by atoms with Crippen LogP contribution in [0.3, 0.4) is 0 Å². The molecule has 0 bridgehead atoms. The van der Waals surface area contributed by atoms with Crippen molar-refractivity contribution in [3.63, 3.8) is 0 Å². The first kappa shape index (κ1) is 12.9. The van der Waals surface area contributed by atoms with Crippen LogP contribution in [0, 0.1) is 12.8 Å². The third kappa shape index (κ3) is 2.66. The minimum Gasteiger partial charge on any atom is -0.465 e. The molecule has 2 rings (SSSR count). The highest BCUT2D eigenvalue weighted by Gasteiger charge is 2.23. The lowest BCUT2D eigenvalue weighted by atomic mass is 10.0. The third-order valence-electron chi connectivity index (χ3n) is 3.86. The molecular weight excluding hydrogens is 226 g/mol. The Morgan fingerprint density at radius 2 is 2.17 bits per heavy atom. The summed E-state index contributed by atoms with van der Waals surface area (Å²) < 4.78 is 4.76. The van der Waals surface area contributed by atoms with Crippen molar-refractivity contribution in [1.82, 2.24) is 0 Å². The Labute approximate surface area is 109 Å². The van der Waals surface area contributed by atoms with Crippen LogP contribution in [-0.2, 0) is 4.74 Å². The Kier molecular flexibility index (Phi) is 3.90. The monoisotopic (exact) mass is 247 g/mol. The second kappa shape index (κ2) is 5.42. The molecule has 3 heteroatoms. The summed E-state index contributed by atoms with van der Waals surface area (Å²) in [5.74, 6) is 0.420.